The molecule has 0 saturated heterocycles. The Morgan fingerprint density at radius 3 is 2.95 bits per heavy atom. The van der Waals surface area contributed by atoms with Crippen molar-refractivity contribution in [3.63, 3.8) is 0 Å². The SMILES string of the molecule is CSCC(C)(O)CNC(=O)c1ccc2nsnc2c1. The van der Waals surface area contributed by atoms with Crippen LogP contribution in [0.2, 0.25) is 0 Å². The van der Waals surface area contributed by atoms with E-state index in [1.54, 1.807) is 36.9 Å². The summed E-state index contributed by atoms with van der Waals surface area (Å²) < 4.78 is 8.18. The number of amides is 1. The van der Waals surface area contributed by atoms with E-state index in [0.29, 0.717) is 16.8 Å². The van der Waals surface area contributed by atoms with Crippen molar-refractivity contribution in [1.29, 1.82) is 0 Å². The van der Waals surface area contributed by atoms with Gasteiger partial charge < -0.3 is 10.4 Å². The van der Waals surface area contributed by atoms with Gasteiger partial charge in [-0.2, -0.15) is 20.5 Å². The fraction of sp³-hybridized carbons (Fsp3) is 0.417. The van der Waals surface area contributed by atoms with Crippen LogP contribution in [0.4, 0.5) is 0 Å². The van der Waals surface area contributed by atoms with Crippen LogP contribution in [0.1, 0.15) is 17.3 Å². The molecule has 0 aliphatic carbocycles. The number of carbonyl (C=O) groups excluding carboxylic acids is 1. The van der Waals surface area contributed by atoms with Gasteiger partial charge in [0.1, 0.15) is 11.0 Å². The molecular weight excluding hydrogens is 282 g/mol. The van der Waals surface area contributed by atoms with Crippen LogP contribution in [-0.2, 0) is 0 Å². The fourth-order valence-corrected chi connectivity index (χ4v) is 2.90. The lowest BCUT2D eigenvalue weighted by Gasteiger charge is -2.22. The summed E-state index contributed by atoms with van der Waals surface area (Å²) in [6.45, 7) is 1.93. The van der Waals surface area contributed by atoms with E-state index in [1.165, 1.54) is 0 Å². The molecule has 0 saturated carbocycles. The lowest BCUT2D eigenvalue weighted by Crippen LogP contribution is -2.42. The fourth-order valence-electron chi connectivity index (χ4n) is 1.66. The quantitative estimate of drug-likeness (QED) is 0.875. The number of aromatic nitrogens is 2. The van der Waals surface area contributed by atoms with Crippen molar-refractivity contribution in [3.8, 4) is 0 Å². The van der Waals surface area contributed by atoms with E-state index in [4.69, 9.17) is 0 Å². The normalized spacial score (nSPS) is 14.3. The number of hydrogen-bond acceptors (Lipinski definition) is 6. The van der Waals surface area contributed by atoms with Crippen molar-refractivity contribution in [2.45, 2.75) is 12.5 Å². The topological polar surface area (TPSA) is 75.1 Å². The summed E-state index contributed by atoms with van der Waals surface area (Å²) in [4.78, 5) is 12.0. The van der Waals surface area contributed by atoms with Crippen molar-refractivity contribution in [2.75, 3.05) is 18.6 Å². The monoisotopic (exact) mass is 297 g/mol. The Hall–Kier alpha value is -1.18. The molecular formula is C12H15N3O2S2. The molecule has 7 heteroatoms. The molecule has 19 heavy (non-hydrogen) atoms. The van der Waals surface area contributed by atoms with Gasteiger partial charge in [0.2, 0.25) is 0 Å². The molecule has 2 N–H and O–H groups in total. The highest BCUT2D eigenvalue weighted by Gasteiger charge is 2.20. The van der Waals surface area contributed by atoms with Crippen LogP contribution in [0.25, 0.3) is 11.0 Å². The maximum absolute atomic E-state index is 12.0. The molecule has 2 rings (SSSR count). The lowest BCUT2D eigenvalue weighted by molar-refractivity contribution is 0.0725. The molecule has 5 nitrogen and oxygen atoms in total. The molecule has 1 aromatic heterocycles. The van der Waals surface area contributed by atoms with Crippen LogP contribution in [0.15, 0.2) is 18.2 Å². The van der Waals surface area contributed by atoms with Gasteiger partial charge in [-0.25, -0.2) is 0 Å². The molecule has 1 unspecified atom stereocenters. The number of hydrogen-bond donors (Lipinski definition) is 2. The van der Waals surface area contributed by atoms with Crippen LogP contribution in [-0.4, -0.2) is 43.9 Å². The molecule has 1 amide bonds. The van der Waals surface area contributed by atoms with Gasteiger partial charge in [0, 0.05) is 17.9 Å². The molecule has 0 spiro atoms. The van der Waals surface area contributed by atoms with Gasteiger partial charge in [-0.1, -0.05) is 0 Å². The highest BCUT2D eigenvalue weighted by molar-refractivity contribution is 7.98. The lowest BCUT2D eigenvalue weighted by atomic mass is 10.1. The van der Waals surface area contributed by atoms with Gasteiger partial charge in [-0.3, -0.25) is 4.79 Å². The molecule has 0 aliphatic rings. The van der Waals surface area contributed by atoms with E-state index < -0.39 is 5.60 Å². The first-order valence-electron chi connectivity index (χ1n) is 5.74. The molecule has 1 aromatic carbocycles. The zero-order valence-corrected chi connectivity index (χ0v) is 12.3. The molecule has 1 atom stereocenters. The Morgan fingerprint density at radius 2 is 2.21 bits per heavy atom. The van der Waals surface area contributed by atoms with E-state index in [9.17, 15) is 9.90 Å². The first-order valence-corrected chi connectivity index (χ1v) is 7.86. The first-order chi connectivity index (χ1) is 9.02. The largest absolute Gasteiger partial charge is 0.387 e. The Bertz CT molecular complexity index is 583. The summed E-state index contributed by atoms with van der Waals surface area (Å²) in [5.74, 6) is 0.360. The van der Waals surface area contributed by atoms with Crippen molar-refractivity contribution in [2.24, 2.45) is 0 Å². The highest BCUT2D eigenvalue weighted by Crippen LogP contribution is 2.14. The second-order valence-electron chi connectivity index (χ2n) is 4.58. The molecule has 2 aromatic rings. The third kappa shape index (κ3) is 3.65. The first kappa shape index (κ1) is 14.2. The Kier molecular flexibility index (Phi) is 4.38. The average Bonchev–Trinajstić information content (AvgIpc) is 2.83. The number of fused-ring (bicyclic) bond motifs is 1. The van der Waals surface area contributed by atoms with Gasteiger partial charge in [0.25, 0.3) is 5.91 Å². The van der Waals surface area contributed by atoms with E-state index >= 15 is 0 Å². The molecule has 1 heterocycles. The zero-order valence-electron chi connectivity index (χ0n) is 10.7. The van der Waals surface area contributed by atoms with E-state index in [2.05, 4.69) is 14.1 Å². The number of nitrogens with one attached hydrogen (secondary N) is 1. The van der Waals surface area contributed by atoms with E-state index in [1.807, 2.05) is 6.26 Å². The van der Waals surface area contributed by atoms with E-state index in [-0.39, 0.29) is 12.5 Å². The third-order valence-corrected chi connectivity index (χ3v) is 4.07. The van der Waals surface area contributed by atoms with Crippen LogP contribution < -0.4 is 5.32 Å². The minimum absolute atomic E-state index is 0.212. The molecule has 0 bridgehead atoms. The molecule has 102 valence electrons. The number of carbonyl (C=O) groups is 1. The van der Waals surface area contributed by atoms with Crippen molar-refractivity contribution in [1.82, 2.24) is 14.1 Å². The predicted octanol–water partition coefficient (Wildman–Crippen LogP) is 1.54. The smallest absolute Gasteiger partial charge is 0.251 e. The molecule has 0 aliphatic heterocycles. The molecule has 0 fully saturated rings. The Balaban J connectivity index is 2.03. The average molecular weight is 297 g/mol. The molecule has 0 radical (unpaired) electrons. The maximum Gasteiger partial charge on any atom is 0.251 e. The number of aliphatic hydroxyl groups is 1. The van der Waals surface area contributed by atoms with Gasteiger partial charge in [-0.05, 0) is 31.4 Å². The summed E-state index contributed by atoms with van der Waals surface area (Å²) in [7, 11) is 0. The van der Waals surface area contributed by atoms with Gasteiger partial charge in [-0.15, -0.1) is 0 Å². The minimum atomic E-state index is -0.901. The number of benzene rings is 1. The van der Waals surface area contributed by atoms with Crippen LogP contribution in [0.3, 0.4) is 0 Å². The second kappa shape index (κ2) is 5.85. The van der Waals surface area contributed by atoms with E-state index in [0.717, 1.165) is 17.2 Å². The van der Waals surface area contributed by atoms with Crippen LogP contribution >= 0.6 is 23.5 Å². The van der Waals surface area contributed by atoms with Crippen molar-refractivity contribution >= 4 is 40.4 Å². The second-order valence-corrected chi connectivity index (χ2v) is 5.97. The van der Waals surface area contributed by atoms with Gasteiger partial charge in [0.15, 0.2) is 0 Å². The predicted molar refractivity (Wildman–Crippen MR) is 78.8 cm³/mol. The summed E-state index contributed by atoms with van der Waals surface area (Å²) in [6.07, 6.45) is 1.92. The van der Waals surface area contributed by atoms with Crippen LogP contribution in [0.5, 0.6) is 0 Å². The standard InChI is InChI=1S/C12H15N3O2S2/c1-12(17,7-18-2)6-13-11(16)8-3-4-9-10(5-8)15-19-14-9/h3-5,17H,6-7H2,1-2H3,(H,13,16). The van der Waals surface area contributed by atoms with Crippen molar-refractivity contribution in [3.05, 3.63) is 23.8 Å². The number of nitrogens with zero attached hydrogens (tertiary/aromatic N) is 2. The summed E-state index contributed by atoms with van der Waals surface area (Å²) >= 11 is 2.66. The Labute approximate surface area is 119 Å². The number of thioether (sulfide) groups is 1. The zero-order chi connectivity index (χ0) is 13.9. The number of rotatable bonds is 5. The minimum Gasteiger partial charge on any atom is -0.387 e. The van der Waals surface area contributed by atoms with Crippen molar-refractivity contribution < 1.29 is 9.90 Å². The van der Waals surface area contributed by atoms with Gasteiger partial charge >= 0.3 is 0 Å². The summed E-state index contributed by atoms with van der Waals surface area (Å²) in [5.41, 5.74) is 1.13. The van der Waals surface area contributed by atoms with Crippen LogP contribution in [0, 0.1) is 0 Å². The summed E-state index contributed by atoms with van der Waals surface area (Å²) in [5, 5.41) is 12.7. The highest BCUT2D eigenvalue weighted by atomic mass is 32.2. The van der Waals surface area contributed by atoms with Gasteiger partial charge in [0.05, 0.1) is 17.3 Å². The summed E-state index contributed by atoms with van der Waals surface area (Å²) in [6, 6.07) is 5.19. The Morgan fingerprint density at radius 1 is 1.47 bits per heavy atom. The maximum atomic E-state index is 12.0. The third-order valence-electron chi connectivity index (χ3n) is 2.60.